The van der Waals surface area contributed by atoms with Crippen molar-refractivity contribution in [3.8, 4) is 0 Å². The highest BCUT2D eigenvalue weighted by Gasteiger charge is 2.24. The lowest BCUT2D eigenvalue weighted by Crippen LogP contribution is -2.39. The number of H-pyrrole nitrogens is 1. The first-order valence-electron chi connectivity index (χ1n) is 12.2. The molecular formula is C26H32Cl2N4O4S. The Morgan fingerprint density at radius 1 is 1.03 bits per heavy atom. The second-order valence-corrected chi connectivity index (χ2v) is 12.6. The molecule has 2 heterocycles. The fourth-order valence-corrected chi connectivity index (χ4v) is 5.91. The molecule has 1 fully saturated rings. The number of rotatable bonds is 6. The van der Waals surface area contributed by atoms with Crippen molar-refractivity contribution >= 4 is 55.9 Å². The number of carbonyl (C=O) groups is 1. The number of aromatic nitrogens is 1. The van der Waals surface area contributed by atoms with Crippen LogP contribution in [0.3, 0.4) is 0 Å². The molecule has 1 aromatic heterocycles. The molecule has 4 rings (SSSR count). The number of fused-ring (bicyclic) bond motifs is 1. The molecule has 1 aliphatic rings. The lowest BCUT2D eigenvalue weighted by atomic mass is 10.1. The van der Waals surface area contributed by atoms with E-state index in [0.29, 0.717) is 39.7 Å². The van der Waals surface area contributed by atoms with Gasteiger partial charge in [0.25, 0.3) is 10.0 Å². The Morgan fingerprint density at radius 2 is 1.76 bits per heavy atom. The minimum atomic E-state index is -3.81. The van der Waals surface area contributed by atoms with Crippen LogP contribution in [0.2, 0.25) is 10.0 Å². The first-order chi connectivity index (χ1) is 17.4. The van der Waals surface area contributed by atoms with Gasteiger partial charge in [-0.25, -0.2) is 13.2 Å². The van der Waals surface area contributed by atoms with Crippen LogP contribution in [0, 0.1) is 0 Å². The highest BCUT2D eigenvalue weighted by Crippen LogP contribution is 2.35. The first-order valence-corrected chi connectivity index (χ1v) is 14.4. The van der Waals surface area contributed by atoms with Crippen LogP contribution < -0.4 is 4.72 Å². The van der Waals surface area contributed by atoms with Gasteiger partial charge in [0.15, 0.2) is 0 Å². The zero-order valence-corrected chi connectivity index (χ0v) is 23.5. The molecule has 0 saturated carbocycles. The van der Waals surface area contributed by atoms with Gasteiger partial charge < -0.3 is 19.5 Å². The molecular weight excluding hydrogens is 535 g/mol. The van der Waals surface area contributed by atoms with Crippen molar-refractivity contribution in [1.82, 2.24) is 14.8 Å². The quantitative estimate of drug-likeness (QED) is 0.395. The number of benzene rings is 2. The smallest absolute Gasteiger partial charge is 0.410 e. The van der Waals surface area contributed by atoms with E-state index in [2.05, 4.69) is 14.6 Å². The van der Waals surface area contributed by atoms with Crippen molar-refractivity contribution in [2.45, 2.75) is 44.1 Å². The van der Waals surface area contributed by atoms with Gasteiger partial charge in [-0.05, 0) is 70.0 Å². The van der Waals surface area contributed by atoms with E-state index in [4.69, 9.17) is 27.9 Å². The summed E-state index contributed by atoms with van der Waals surface area (Å²) in [5, 5.41) is 1.43. The van der Waals surface area contributed by atoms with Gasteiger partial charge >= 0.3 is 6.09 Å². The van der Waals surface area contributed by atoms with Crippen LogP contribution in [0.25, 0.3) is 10.9 Å². The number of anilines is 1. The number of hydrogen-bond donors (Lipinski definition) is 2. The third kappa shape index (κ3) is 6.90. The van der Waals surface area contributed by atoms with Gasteiger partial charge in [0, 0.05) is 37.8 Å². The predicted molar refractivity (Wildman–Crippen MR) is 148 cm³/mol. The van der Waals surface area contributed by atoms with E-state index >= 15 is 0 Å². The summed E-state index contributed by atoms with van der Waals surface area (Å²) in [6.45, 7) is 9.41. The van der Waals surface area contributed by atoms with E-state index in [1.807, 2.05) is 32.9 Å². The predicted octanol–water partition coefficient (Wildman–Crippen LogP) is 5.76. The summed E-state index contributed by atoms with van der Waals surface area (Å²) in [5.41, 5.74) is 1.43. The van der Waals surface area contributed by atoms with Crippen molar-refractivity contribution in [2.75, 3.05) is 37.4 Å². The third-order valence-corrected chi connectivity index (χ3v) is 8.17. The molecule has 37 heavy (non-hydrogen) atoms. The van der Waals surface area contributed by atoms with Crippen molar-refractivity contribution < 1.29 is 17.9 Å². The van der Waals surface area contributed by atoms with Crippen molar-refractivity contribution in [2.24, 2.45) is 0 Å². The Labute approximate surface area is 227 Å². The number of ether oxygens (including phenoxy) is 1. The first kappa shape index (κ1) is 27.6. The average molecular weight is 568 g/mol. The third-order valence-electron chi connectivity index (χ3n) is 6.17. The maximum atomic E-state index is 13.0. The zero-order valence-electron chi connectivity index (χ0n) is 21.2. The van der Waals surface area contributed by atoms with E-state index in [9.17, 15) is 13.2 Å². The molecule has 0 atom stereocenters. The minimum absolute atomic E-state index is 0.166. The van der Waals surface area contributed by atoms with Crippen LogP contribution in [0.4, 0.5) is 10.5 Å². The molecule has 1 amide bonds. The standard InChI is InChI=1S/C26H32Cl2N4O4S/c1-26(2,3)36-25(33)32-13-4-12-31(15-16-32)14-11-18-5-7-19(8-6-18)37(34,35)30-22-10-9-20(27)23-21(28)17-29-24(22)23/h5-10,17,29-30H,4,11-16H2,1-3H3. The molecule has 0 unspecified atom stereocenters. The zero-order chi connectivity index (χ0) is 26.8. The molecule has 1 saturated heterocycles. The summed E-state index contributed by atoms with van der Waals surface area (Å²) in [7, 11) is -3.81. The number of nitrogens with zero attached hydrogens (tertiary/aromatic N) is 2. The van der Waals surface area contributed by atoms with Gasteiger partial charge in [0.2, 0.25) is 0 Å². The highest BCUT2D eigenvalue weighted by molar-refractivity contribution is 7.92. The topological polar surface area (TPSA) is 94.7 Å². The molecule has 3 aromatic rings. The van der Waals surface area contributed by atoms with Gasteiger partial charge in [-0.15, -0.1) is 0 Å². The Kier molecular flexibility index (Phi) is 8.28. The molecule has 11 heteroatoms. The van der Waals surface area contributed by atoms with Gasteiger partial charge in [-0.2, -0.15) is 0 Å². The second-order valence-electron chi connectivity index (χ2n) is 10.1. The Balaban J connectivity index is 1.34. The fraction of sp³-hybridized carbons (Fsp3) is 0.423. The summed E-state index contributed by atoms with van der Waals surface area (Å²) in [5.74, 6) is 0. The number of hydrogen-bond acceptors (Lipinski definition) is 5. The average Bonchev–Trinajstić information content (AvgIpc) is 3.06. The Bertz CT molecular complexity index is 1370. The SMILES string of the molecule is CC(C)(C)OC(=O)N1CCCN(CCc2ccc(S(=O)(=O)Nc3ccc(Cl)c4c(Cl)c[nH]c34)cc2)CC1. The lowest BCUT2D eigenvalue weighted by molar-refractivity contribution is 0.0257. The molecule has 1 aliphatic heterocycles. The molecule has 0 spiro atoms. The van der Waals surface area contributed by atoms with E-state index < -0.39 is 15.6 Å². The minimum Gasteiger partial charge on any atom is -0.444 e. The van der Waals surface area contributed by atoms with Crippen LogP contribution in [-0.2, 0) is 21.2 Å². The number of amides is 1. The highest BCUT2D eigenvalue weighted by atomic mass is 35.5. The maximum Gasteiger partial charge on any atom is 0.410 e. The summed E-state index contributed by atoms with van der Waals surface area (Å²) in [4.78, 5) is 19.6. The Morgan fingerprint density at radius 3 is 2.46 bits per heavy atom. The van der Waals surface area contributed by atoms with Crippen molar-refractivity contribution in [1.29, 1.82) is 0 Å². The summed E-state index contributed by atoms with van der Waals surface area (Å²) >= 11 is 12.4. The molecule has 0 aliphatic carbocycles. The van der Waals surface area contributed by atoms with Crippen LogP contribution >= 0.6 is 23.2 Å². The number of aromatic amines is 1. The van der Waals surface area contributed by atoms with E-state index in [-0.39, 0.29) is 11.0 Å². The second kappa shape index (κ2) is 11.1. The molecule has 0 radical (unpaired) electrons. The molecule has 2 aromatic carbocycles. The number of halogens is 2. The van der Waals surface area contributed by atoms with E-state index in [1.54, 1.807) is 35.4 Å². The van der Waals surface area contributed by atoms with Crippen molar-refractivity contribution in [3.63, 3.8) is 0 Å². The molecule has 200 valence electrons. The summed E-state index contributed by atoms with van der Waals surface area (Å²) in [6, 6.07) is 10.1. The Hall–Kier alpha value is -2.46. The van der Waals surface area contributed by atoms with Gasteiger partial charge in [-0.3, -0.25) is 4.72 Å². The fourth-order valence-electron chi connectivity index (χ4n) is 4.28. The summed E-state index contributed by atoms with van der Waals surface area (Å²) < 4.78 is 34.2. The van der Waals surface area contributed by atoms with E-state index in [1.165, 1.54) is 0 Å². The number of sulfonamides is 1. The van der Waals surface area contributed by atoms with E-state index in [0.717, 1.165) is 38.0 Å². The van der Waals surface area contributed by atoms with Crippen LogP contribution in [0.15, 0.2) is 47.5 Å². The van der Waals surface area contributed by atoms with Crippen LogP contribution in [0.1, 0.15) is 32.8 Å². The monoisotopic (exact) mass is 566 g/mol. The number of nitrogens with one attached hydrogen (secondary N) is 2. The van der Waals surface area contributed by atoms with Crippen LogP contribution in [0.5, 0.6) is 0 Å². The largest absolute Gasteiger partial charge is 0.444 e. The molecule has 0 bridgehead atoms. The normalized spacial score (nSPS) is 15.5. The van der Waals surface area contributed by atoms with Gasteiger partial charge in [-0.1, -0.05) is 35.3 Å². The number of carbonyl (C=O) groups excluding carboxylic acids is 1. The van der Waals surface area contributed by atoms with Crippen LogP contribution in [-0.4, -0.2) is 67.6 Å². The maximum absolute atomic E-state index is 13.0. The molecule has 8 nitrogen and oxygen atoms in total. The van der Waals surface area contributed by atoms with Crippen molar-refractivity contribution in [3.05, 3.63) is 58.2 Å². The molecule has 2 N–H and O–H groups in total. The van der Waals surface area contributed by atoms with Gasteiger partial charge in [0.05, 0.1) is 26.1 Å². The summed E-state index contributed by atoms with van der Waals surface area (Å²) in [6.07, 6.45) is 2.97. The van der Waals surface area contributed by atoms with Gasteiger partial charge in [0.1, 0.15) is 5.60 Å². The lowest BCUT2D eigenvalue weighted by Gasteiger charge is -2.26.